The number of fused-ring (bicyclic) bond motifs is 1. The number of hydrogen-bond donors (Lipinski definition) is 2. The molecule has 1 aliphatic heterocycles. The van der Waals surface area contributed by atoms with Crippen LogP contribution < -0.4 is 16.2 Å². The van der Waals surface area contributed by atoms with Gasteiger partial charge in [0.05, 0.1) is 17.5 Å². The second kappa shape index (κ2) is 9.55. The summed E-state index contributed by atoms with van der Waals surface area (Å²) >= 11 is 0. The minimum Gasteiger partial charge on any atom is -0.354 e. The normalized spacial score (nSPS) is 16.3. The maximum Gasteiger partial charge on any atom is 0.405 e. The number of halogens is 4. The van der Waals surface area contributed by atoms with Crippen molar-refractivity contribution in [2.45, 2.75) is 18.6 Å². The van der Waals surface area contributed by atoms with Crippen molar-refractivity contribution in [2.75, 3.05) is 32.7 Å². The van der Waals surface area contributed by atoms with E-state index >= 15 is 0 Å². The third-order valence-corrected chi connectivity index (χ3v) is 4.82. The number of alkyl halides is 3. The summed E-state index contributed by atoms with van der Waals surface area (Å²) in [5, 5.41) is 10.4. The Hall–Kier alpha value is -2.17. The fraction of sp³-hybridized carbons (Fsp3) is 0.500. The number of aromatic nitrogens is 2. The molecule has 1 atom stereocenters. The van der Waals surface area contributed by atoms with Crippen molar-refractivity contribution in [1.29, 1.82) is 0 Å². The Kier molecular flexibility index (Phi) is 7.61. The first kappa shape index (κ1) is 23.1. The van der Waals surface area contributed by atoms with Crippen molar-refractivity contribution in [1.82, 2.24) is 25.3 Å². The van der Waals surface area contributed by atoms with E-state index in [2.05, 4.69) is 15.7 Å². The maximum absolute atomic E-state index is 13.4. The van der Waals surface area contributed by atoms with Crippen molar-refractivity contribution in [3.8, 4) is 0 Å². The Morgan fingerprint density at radius 2 is 1.86 bits per heavy atom. The number of aryl methyl sites for hydroxylation is 1. The number of hydrogen-bond acceptors (Lipinski definition) is 5. The van der Waals surface area contributed by atoms with Crippen LogP contribution >= 0.6 is 12.4 Å². The minimum atomic E-state index is -4.44. The fourth-order valence-corrected chi connectivity index (χ4v) is 3.38. The van der Waals surface area contributed by atoms with Gasteiger partial charge in [-0.15, -0.1) is 12.4 Å². The van der Waals surface area contributed by atoms with E-state index in [4.69, 9.17) is 0 Å². The first-order chi connectivity index (χ1) is 13.3. The molecule has 1 saturated heterocycles. The number of nitrogens with one attached hydrogen (secondary N) is 2. The number of amides is 1. The molecule has 0 radical (unpaired) electrons. The summed E-state index contributed by atoms with van der Waals surface area (Å²) in [5.41, 5.74) is 0.0523. The van der Waals surface area contributed by atoms with Gasteiger partial charge in [-0.25, -0.2) is 4.68 Å². The lowest BCUT2D eigenvalue weighted by Gasteiger charge is -2.35. The SMILES string of the molecule is Cl.Cn1nc(CC(=O)NCC(N2CCNCC2)C(F)(F)F)c2ccccc2c1=O. The van der Waals surface area contributed by atoms with Crippen LogP contribution in [0.15, 0.2) is 29.1 Å². The molecule has 1 aromatic heterocycles. The quantitative estimate of drug-likeness (QED) is 0.731. The molecule has 29 heavy (non-hydrogen) atoms. The van der Waals surface area contributed by atoms with E-state index in [9.17, 15) is 22.8 Å². The maximum atomic E-state index is 13.4. The van der Waals surface area contributed by atoms with Gasteiger partial charge in [-0.1, -0.05) is 18.2 Å². The Labute approximate surface area is 171 Å². The summed E-state index contributed by atoms with van der Waals surface area (Å²) in [6, 6.07) is 4.99. The lowest BCUT2D eigenvalue weighted by atomic mass is 10.1. The third kappa shape index (κ3) is 5.46. The van der Waals surface area contributed by atoms with Gasteiger partial charge in [-0.2, -0.15) is 18.3 Å². The molecule has 2 aromatic rings. The number of piperazine rings is 1. The highest BCUT2D eigenvalue weighted by atomic mass is 35.5. The zero-order valence-electron chi connectivity index (χ0n) is 15.8. The predicted molar refractivity (Wildman–Crippen MR) is 105 cm³/mol. The average molecular weight is 434 g/mol. The van der Waals surface area contributed by atoms with Gasteiger partial charge < -0.3 is 10.6 Å². The van der Waals surface area contributed by atoms with E-state index in [0.717, 1.165) is 4.68 Å². The molecule has 3 rings (SSSR count). The van der Waals surface area contributed by atoms with Crippen LogP contribution in [0.2, 0.25) is 0 Å². The zero-order valence-corrected chi connectivity index (χ0v) is 16.6. The highest BCUT2D eigenvalue weighted by molar-refractivity contribution is 5.88. The molecule has 7 nitrogen and oxygen atoms in total. The molecule has 1 fully saturated rings. The minimum absolute atomic E-state index is 0. The third-order valence-electron chi connectivity index (χ3n) is 4.82. The van der Waals surface area contributed by atoms with Crippen molar-refractivity contribution in [2.24, 2.45) is 7.05 Å². The van der Waals surface area contributed by atoms with Crippen molar-refractivity contribution in [3.63, 3.8) is 0 Å². The van der Waals surface area contributed by atoms with Crippen molar-refractivity contribution >= 4 is 29.1 Å². The molecular weight excluding hydrogens is 411 g/mol. The summed E-state index contributed by atoms with van der Waals surface area (Å²) in [7, 11) is 1.47. The highest BCUT2D eigenvalue weighted by Gasteiger charge is 2.43. The number of rotatable bonds is 5. The topological polar surface area (TPSA) is 79.3 Å². The lowest BCUT2D eigenvalue weighted by molar-refractivity contribution is -0.184. The molecule has 0 spiro atoms. The van der Waals surface area contributed by atoms with E-state index in [1.165, 1.54) is 11.9 Å². The van der Waals surface area contributed by atoms with Gasteiger partial charge in [-0.05, 0) is 6.07 Å². The molecule has 1 unspecified atom stereocenters. The van der Waals surface area contributed by atoms with Gasteiger partial charge in [-0.3, -0.25) is 14.5 Å². The van der Waals surface area contributed by atoms with E-state index in [-0.39, 0.29) is 37.5 Å². The average Bonchev–Trinajstić information content (AvgIpc) is 2.66. The largest absolute Gasteiger partial charge is 0.405 e. The molecule has 2 heterocycles. The Morgan fingerprint density at radius 3 is 2.48 bits per heavy atom. The Bertz CT molecular complexity index is 912. The summed E-state index contributed by atoms with van der Waals surface area (Å²) in [6.07, 6.45) is -4.65. The van der Waals surface area contributed by atoms with Crippen LogP contribution in [0.25, 0.3) is 10.8 Å². The van der Waals surface area contributed by atoms with Gasteiger partial charge in [0.25, 0.3) is 5.56 Å². The standard InChI is InChI=1S/C18H22F3N5O2.ClH/c1-25-17(28)13-5-3-2-4-12(13)14(24-25)10-16(27)23-11-15(18(19,20)21)26-8-6-22-7-9-26;/h2-5,15,22H,6-11H2,1H3,(H,23,27);1H. The summed E-state index contributed by atoms with van der Waals surface area (Å²) in [5.74, 6) is -0.569. The summed E-state index contributed by atoms with van der Waals surface area (Å²) in [4.78, 5) is 25.8. The van der Waals surface area contributed by atoms with Gasteiger partial charge in [0.2, 0.25) is 5.91 Å². The molecule has 1 aliphatic rings. The van der Waals surface area contributed by atoms with Crippen molar-refractivity contribution < 1.29 is 18.0 Å². The van der Waals surface area contributed by atoms with Crippen LogP contribution in [0.4, 0.5) is 13.2 Å². The van der Waals surface area contributed by atoms with E-state index < -0.39 is 24.7 Å². The van der Waals surface area contributed by atoms with Crippen LogP contribution in [0.3, 0.4) is 0 Å². The second-order valence-corrected chi connectivity index (χ2v) is 6.75. The van der Waals surface area contributed by atoms with Crippen LogP contribution in [-0.4, -0.2) is 65.5 Å². The number of nitrogens with zero attached hydrogens (tertiary/aromatic N) is 3. The van der Waals surface area contributed by atoms with Crippen LogP contribution in [-0.2, 0) is 18.3 Å². The molecule has 1 aromatic carbocycles. The fourth-order valence-electron chi connectivity index (χ4n) is 3.38. The predicted octanol–water partition coefficient (Wildman–Crippen LogP) is 0.850. The lowest BCUT2D eigenvalue weighted by Crippen LogP contribution is -2.57. The second-order valence-electron chi connectivity index (χ2n) is 6.75. The highest BCUT2D eigenvalue weighted by Crippen LogP contribution is 2.24. The smallest absolute Gasteiger partial charge is 0.354 e. The summed E-state index contributed by atoms with van der Waals surface area (Å²) < 4.78 is 41.4. The summed E-state index contributed by atoms with van der Waals surface area (Å²) in [6.45, 7) is 0.981. The van der Waals surface area contributed by atoms with Crippen LogP contribution in [0.5, 0.6) is 0 Å². The molecular formula is C18H23ClF3N5O2. The van der Waals surface area contributed by atoms with Gasteiger partial charge in [0.1, 0.15) is 6.04 Å². The van der Waals surface area contributed by atoms with E-state index in [1.807, 2.05) is 0 Å². The van der Waals surface area contributed by atoms with Crippen molar-refractivity contribution in [3.05, 3.63) is 40.3 Å². The molecule has 160 valence electrons. The van der Waals surface area contributed by atoms with E-state index in [0.29, 0.717) is 29.6 Å². The molecule has 1 amide bonds. The molecule has 0 bridgehead atoms. The Morgan fingerprint density at radius 1 is 1.24 bits per heavy atom. The van der Waals surface area contributed by atoms with Gasteiger partial charge >= 0.3 is 6.18 Å². The molecule has 11 heteroatoms. The van der Waals surface area contributed by atoms with Crippen LogP contribution in [0, 0.1) is 0 Å². The molecule has 0 aliphatic carbocycles. The number of carbonyl (C=O) groups excluding carboxylic acids is 1. The van der Waals surface area contributed by atoms with Gasteiger partial charge in [0, 0.05) is 45.2 Å². The molecule has 0 saturated carbocycles. The van der Waals surface area contributed by atoms with E-state index in [1.54, 1.807) is 24.3 Å². The first-order valence-electron chi connectivity index (χ1n) is 9.00. The molecule has 2 N–H and O–H groups in total. The number of carbonyl (C=O) groups is 1. The first-order valence-corrected chi connectivity index (χ1v) is 9.00. The number of benzene rings is 1. The van der Waals surface area contributed by atoms with Gasteiger partial charge in [0.15, 0.2) is 0 Å². The Balaban J connectivity index is 0.00000300. The zero-order chi connectivity index (χ0) is 20.3. The monoisotopic (exact) mass is 433 g/mol. The van der Waals surface area contributed by atoms with Crippen LogP contribution in [0.1, 0.15) is 5.69 Å².